The highest BCUT2D eigenvalue weighted by Crippen LogP contribution is 2.34. The lowest BCUT2D eigenvalue weighted by atomic mass is 10.1. The van der Waals surface area contributed by atoms with Gasteiger partial charge in [-0.25, -0.2) is 9.97 Å². The van der Waals surface area contributed by atoms with Crippen molar-refractivity contribution < 1.29 is 4.79 Å². The number of thioether (sulfide) groups is 1. The van der Waals surface area contributed by atoms with E-state index in [-0.39, 0.29) is 5.91 Å². The zero-order chi connectivity index (χ0) is 16.8. The molecule has 0 fully saturated rings. The van der Waals surface area contributed by atoms with E-state index < -0.39 is 5.25 Å². The van der Waals surface area contributed by atoms with Crippen LogP contribution in [-0.4, -0.2) is 15.9 Å². The standard InChI is InChI=1S/C19H17N3OS/c1-14-8-10-16(11-9-14)22-18(23)17(15-6-3-2-4-7-15)24-19-20-12-5-13-21-19/h2-13,17H,1H3,(H,22,23)/t17-/m0/s1. The van der Waals surface area contributed by atoms with Crippen molar-refractivity contribution in [2.45, 2.75) is 17.3 Å². The van der Waals surface area contributed by atoms with E-state index in [9.17, 15) is 4.79 Å². The first-order chi connectivity index (χ1) is 11.7. The molecule has 3 rings (SSSR count). The molecule has 1 N–H and O–H groups in total. The molecule has 0 radical (unpaired) electrons. The van der Waals surface area contributed by atoms with E-state index in [0.29, 0.717) is 5.16 Å². The summed E-state index contributed by atoms with van der Waals surface area (Å²) in [4.78, 5) is 21.2. The van der Waals surface area contributed by atoms with Crippen LogP contribution in [0.3, 0.4) is 0 Å². The summed E-state index contributed by atoms with van der Waals surface area (Å²) in [5, 5.41) is 3.13. The van der Waals surface area contributed by atoms with Gasteiger partial charge in [0.05, 0.1) is 0 Å². The van der Waals surface area contributed by atoms with E-state index in [1.165, 1.54) is 11.8 Å². The van der Waals surface area contributed by atoms with Gasteiger partial charge in [0.25, 0.3) is 0 Å². The summed E-state index contributed by atoms with van der Waals surface area (Å²) < 4.78 is 0. The van der Waals surface area contributed by atoms with Gasteiger partial charge in [-0.2, -0.15) is 0 Å². The van der Waals surface area contributed by atoms with Gasteiger partial charge in [0.15, 0.2) is 5.16 Å². The molecule has 0 aliphatic carbocycles. The Morgan fingerprint density at radius 2 is 1.62 bits per heavy atom. The fraction of sp³-hybridized carbons (Fsp3) is 0.105. The Kier molecular flexibility index (Phi) is 5.23. The highest BCUT2D eigenvalue weighted by molar-refractivity contribution is 8.00. The first-order valence-electron chi connectivity index (χ1n) is 7.58. The van der Waals surface area contributed by atoms with E-state index in [0.717, 1.165) is 16.8 Å². The molecule has 5 heteroatoms. The summed E-state index contributed by atoms with van der Waals surface area (Å²) in [6.45, 7) is 2.01. The molecule has 1 heterocycles. The lowest BCUT2D eigenvalue weighted by Crippen LogP contribution is -2.19. The van der Waals surface area contributed by atoms with Crippen molar-refractivity contribution in [2.75, 3.05) is 5.32 Å². The van der Waals surface area contributed by atoms with Gasteiger partial charge >= 0.3 is 0 Å². The van der Waals surface area contributed by atoms with Crippen LogP contribution in [-0.2, 0) is 4.79 Å². The number of carbonyl (C=O) groups excluding carboxylic acids is 1. The van der Waals surface area contributed by atoms with Crippen LogP contribution in [0, 0.1) is 6.92 Å². The van der Waals surface area contributed by atoms with Crippen LogP contribution in [0.2, 0.25) is 0 Å². The third kappa shape index (κ3) is 4.20. The Hall–Kier alpha value is -2.66. The topological polar surface area (TPSA) is 54.9 Å². The lowest BCUT2D eigenvalue weighted by molar-refractivity contribution is -0.115. The number of amides is 1. The third-order valence-corrected chi connectivity index (χ3v) is 4.57. The zero-order valence-corrected chi connectivity index (χ0v) is 14.0. The van der Waals surface area contributed by atoms with E-state index in [1.807, 2.05) is 61.5 Å². The average molecular weight is 335 g/mol. The maximum atomic E-state index is 12.8. The van der Waals surface area contributed by atoms with E-state index in [4.69, 9.17) is 0 Å². The molecule has 0 bridgehead atoms. The van der Waals surface area contributed by atoms with Crippen molar-refractivity contribution in [3.8, 4) is 0 Å². The van der Waals surface area contributed by atoms with Crippen molar-refractivity contribution in [3.05, 3.63) is 84.2 Å². The van der Waals surface area contributed by atoms with Crippen LogP contribution >= 0.6 is 11.8 Å². The number of carbonyl (C=O) groups is 1. The minimum atomic E-state index is -0.421. The van der Waals surface area contributed by atoms with Gasteiger partial charge in [-0.3, -0.25) is 4.79 Å². The monoisotopic (exact) mass is 335 g/mol. The molecular formula is C19H17N3OS. The van der Waals surface area contributed by atoms with Crippen molar-refractivity contribution in [1.82, 2.24) is 9.97 Å². The summed E-state index contributed by atoms with van der Waals surface area (Å²) in [7, 11) is 0. The Bertz CT molecular complexity index is 792. The Labute approximate surface area is 145 Å². The normalized spacial score (nSPS) is 11.7. The van der Waals surface area contributed by atoms with Crippen molar-refractivity contribution in [2.24, 2.45) is 0 Å². The second kappa shape index (κ2) is 7.75. The largest absolute Gasteiger partial charge is 0.325 e. The number of aryl methyl sites for hydroxylation is 1. The van der Waals surface area contributed by atoms with Crippen LogP contribution in [0.1, 0.15) is 16.4 Å². The average Bonchev–Trinajstić information content (AvgIpc) is 2.63. The SMILES string of the molecule is Cc1ccc(NC(=O)[C@@H](Sc2ncccn2)c2ccccc2)cc1. The number of benzene rings is 2. The summed E-state index contributed by atoms with van der Waals surface area (Å²) in [5.41, 5.74) is 2.85. The van der Waals surface area contributed by atoms with Crippen LogP contribution in [0.4, 0.5) is 5.69 Å². The Morgan fingerprint density at radius 1 is 0.958 bits per heavy atom. The summed E-state index contributed by atoms with van der Waals surface area (Å²) in [5.74, 6) is -0.0949. The number of anilines is 1. The molecule has 1 aromatic heterocycles. The molecule has 0 aliphatic heterocycles. The molecule has 0 saturated carbocycles. The zero-order valence-electron chi connectivity index (χ0n) is 13.2. The fourth-order valence-electron chi connectivity index (χ4n) is 2.20. The maximum Gasteiger partial charge on any atom is 0.242 e. The quantitative estimate of drug-likeness (QED) is 0.559. The molecule has 0 unspecified atom stereocenters. The summed E-state index contributed by atoms with van der Waals surface area (Å²) in [6.07, 6.45) is 3.35. The molecule has 0 saturated heterocycles. The number of nitrogens with one attached hydrogen (secondary N) is 1. The highest BCUT2D eigenvalue weighted by Gasteiger charge is 2.23. The highest BCUT2D eigenvalue weighted by atomic mass is 32.2. The van der Waals surface area contributed by atoms with E-state index >= 15 is 0 Å². The predicted molar refractivity (Wildman–Crippen MR) is 96.9 cm³/mol. The Morgan fingerprint density at radius 3 is 2.29 bits per heavy atom. The minimum Gasteiger partial charge on any atom is -0.325 e. The van der Waals surface area contributed by atoms with Gasteiger partial charge in [0.2, 0.25) is 5.91 Å². The minimum absolute atomic E-state index is 0.0949. The number of rotatable bonds is 5. The van der Waals surface area contributed by atoms with Gasteiger partial charge in [0.1, 0.15) is 5.25 Å². The second-order valence-corrected chi connectivity index (χ2v) is 6.37. The van der Waals surface area contributed by atoms with Crippen molar-refractivity contribution in [3.63, 3.8) is 0 Å². The maximum absolute atomic E-state index is 12.8. The number of nitrogens with zero attached hydrogens (tertiary/aromatic N) is 2. The molecule has 24 heavy (non-hydrogen) atoms. The molecule has 2 aromatic carbocycles. The molecule has 1 atom stereocenters. The molecular weight excluding hydrogens is 318 g/mol. The molecule has 120 valence electrons. The first kappa shape index (κ1) is 16.2. The van der Waals surface area contributed by atoms with Gasteiger partial charge in [-0.1, -0.05) is 59.8 Å². The van der Waals surface area contributed by atoms with Crippen LogP contribution in [0.25, 0.3) is 0 Å². The van der Waals surface area contributed by atoms with E-state index in [1.54, 1.807) is 18.5 Å². The van der Waals surface area contributed by atoms with Crippen molar-refractivity contribution >= 4 is 23.4 Å². The van der Waals surface area contributed by atoms with Gasteiger partial charge in [-0.15, -0.1) is 0 Å². The smallest absolute Gasteiger partial charge is 0.242 e. The van der Waals surface area contributed by atoms with Gasteiger partial charge < -0.3 is 5.32 Å². The lowest BCUT2D eigenvalue weighted by Gasteiger charge is -2.16. The van der Waals surface area contributed by atoms with Crippen molar-refractivity contribution in [1.29, 1.82) is 0 Å². The van der Waals surface area contributed by atoms with Crippen LogP contribution < -0.4 is 5.32 Å². The number of aromatic nitrogens is 2. The molecule has 3 aromatic rings. The Balaban J connectivity index is 1.83. The van der Waals surface area contributed by atoms with Crippen LogP contribution in [0.15, 0.2) is 78.2 Å². The summed E-state index contributed by atoms with van der Waals surface area (Å²) >= 11 is 1.34. The van der Waals surface area contributed by atoms with Crippen LogP contribution in [0.5, 0.6) is 0 Å². The third-order valence-electron chi connectivity index (χ3n) is 3.42. The first-order valence-corrected chi connectivity index (χ1v) is 8.46. The molecule has 1 amide bonds. The summed E-state index contributed by atoms with van der Waals surface area (Å²) in [6, 6.07) is 19.2. The molecule has 0 aliphatic rings. The number of hydrogen-bond acceptors (Lipinski definition) is 4. The second-order valence-electron chi connectivity index (χ2n) is 5.30. The predicted octanol–water partition coefficient (Wildman–Crippen LogP) is 4.26. The molecule has 0 spiro atoms. The van der Waals surface area contributed by atoms with E-state index in [2.05, 4.69) is 15.3 Å². The fourth-order valence-corrected chi connectivity index (χ4v) is 3.11. The van der Waals surface area contributed by atoms with Gasteiger partial charge in [-0.05, 0) is 30.7 Å². The number of hydrogen-bond donors (Lipinski definition) is 1. The molecule has 4 nitrogen and oxygen atoms in total. The van der Waals surface area contributed by atoms with Gasteiger partial charge in [0, 0.05) is 18.1 Å².